The van der Waals surface area contributed by atoms with Crippen LogP contribution in [0.15, 0.2) is 62.9 Å². The minimum Gasteiger partial charge on any atom is -0.310 e. The molecule has 1 N–H and O–H groups in total. The molecule has 4 nitrogen and oxygen atoms in total. The second kappa shape index (κ2) is 7.76. The van der Waals surface area contributed by atoms with E-state index in [0.29, 0.717) is 10.0 Å². The minimum atomic E-state index is -4.13. The molecular formula is C15H9Cl4NO3S. The summed E-state index contributed by atoms with van der Waals surface area (Å²) in [6.07, 6.45) is 0. The summed E-state index contributed by atoms with van der Waals surface area (Å²) < 4.78 is 24.6. The van der Waals surface area contributed by atoms with E-state index in [4.69, 9.17) is 46.4 Å². The van der Waals surface area contributed by atoms with Crippen LogP contribution in [0.5, 0.6) is 0 Å². The van der Waals surface area contributed by atoms with Gasteiger partial charge in [-0.3, -0.25) is 4.79 Å². The first kappa shape index (κ1) is 19.1. The van der Waals surface area contributed by atoms with Gasteiger partial charge in [0.25, 0.3) is 5.91 Å². The molecule has 0 unspecified atom stereocenters. The highest BCUT2D eigenvalue weighted by Crippen LogP contribution is 2.25. The first-order valence-electron chi connectivity index (χ1n) is 6.34. The molecule has 2 rings (SSSR count). The summed E-state index contributed by atoms with van der Waals surface area (Å²) in [5.41, 5.74) is 0.192. The van der Waals surface area contributed by atoms with Gasteiger partial charge >= 0.3 is 0 Å². The lowest BCUT2D eigenvalue weighted by molar-refractivity contribution is 0.0968. The van der Waals surface area contributed by atoms with Crippen LogP contribution in [0.4, 0.5) is 0 Å². The fourth-order valence-electron chi connectivity index (χ4n) is 1.72. The third-order valence-corrected chi connectivity index (χ3v) is 5.74. The lowest BCUT2D eigenvalue weighted by atomic mass is 10.2. The van der Waals surface area contributed by atoms with E-state index in [1.807, 2.05) is 0 Å². The molecule has 0 saturated carbocycles. The molecule has 2 aromatic carbocycles. The van der Waals surface area contributed by atoms with Gasteiger partial charge in [-0.1, -0.05) is 46.4 Å². The van der Waals surface area contributed by atoms with Crippen LogP contribution < -0.4 is 5.32 Å². The van der Waals surface area contributed by atoms with Crippen LogP contribution in [0.25, 0.3) is 0 Å². The molecule has 24 heavy (non-hydrogen) atoms. The lowest BCUT2D eigenvalue weighted by Crippen LogP contribution is -2.28. The Morgan fingerprint density at radius 1 is 0.833 bits per heavy atom. The van der Waals surface area contributed by atoms with Crippen LogP contribution in [-0.2, 0) is 9.84 Å². The zero-order valence-electron chi connectivity index (χ0n) is 11.8. The molecule has 0 aliphatic heterocycles. The van der Waals surface area contributed by atoms with E-state index in [1.54, 1.807) is 0 Å². The van der Waals surface area contributed by atoms with Gasteiger partial charge in [-0.15, -0.1) is 0 Å². The SMILES string of the molecule is O=C(NC(=C(Cl)Cl)S(=O)(=O)c1ccc(Cl)cc1)c1ccc(Cl)cc1. The first-order valence-corrected chi connectivity index (χ1v) is 9.34. The minimum absolute atomic E-state index is 0.114. The average molecular weight is 425 g/mol. The van der Waals surface area contributed by atoms with Crippen LogP contribution in [0.3, 0.4) is 0 Å². The molecule has 0 heterocycles. The number of sulfone groups is 1. The summed E-state index contributed by atoms with van der Waals surface area (Å²) in [6, 6.07) is 11.2. The van der Waals surface area contributed by atoms with Crippen LogP contribution >= 0.6 is 46.4 Å². The van der Waals surface area contributed by atoms with Crippen LogP contribution in [0.1, 0.15) is 10.4 Å². The monoisotopic (exact) mass is 423 g/mol. The molecule has 0 aliphatic carbocycles. The van der Waals surface area contributed by atoms with Gasteiger partial charge in [0, 0.05) is 15.6 Å². The summed E-state index contributed by atoms with van der Waals surface area (Å²) in [5, 5.41) is 2.40. The van der Waals surface area contributed by atoms with Gasteiger partial charge in [-0.25, -0.2) is 8.42 Å². The van der Waals surface area contributed by atoms with Crippen molar-refractivity contribution in [2.24, 2.45) is 0 Å². The van der Waals surface area contributed by atoms with Crippen molar-refractivity contribution in [1.82, 2.24) is 5.32 Å². The molecule has 0 saturated heterocycles. The van der Waals surface area contributed by atoms with Crippen molar-refractivity contribution in [1.29, 1.82) is 0 Å². The van der Waals surface area contributed by atoms with E-state index in [2.05, 4.69) is 5.32 Å². The summed E-state index contributed by atoms with van der Waals surface area (Å²) in [7, 11) is -4.13. The summed E-state index contributed by atoms with van der Waals surface area (Å²) in [6.45, 7) is 0. The topological polar surface area (TPSA) is 63.2 Å². The van der Waals surface area contributed by atoms with Crippen molar-refractivity contribution in [3.05, 3.63) is 73.7 Å². The molecule has 0 atom stereocenters. The Bertz CT molecular complexity index is 887. The molecule has 126 valence electrons. The fraction of sp³-hybridized carbons (Fsp3) is 0. The van der Waals surface area contributed by atoms with Crippen molar-refractivity contribution in [2.45, 2.75) is 4.90 Å². The van der Waals surface area contributed by atoms with Crippen molar-refractivity contribution < 1.29 is 13.2 Å². The Labute approximate surface area is 158 Å². The Morgan fingerprint density at radius 3 is 1.75 bits per heavy atom. The van der Waals surface area contributed by atoms with E-state index in [9.17, 15) is 13.2 Å². The molecule has 9 heteroatoms. The normalized spacial score (nSPS) is 11.0. The maximum atomic E-state index is 12.6. The highest BCUT2D eigenvalue weighted by molar-refractivity contribution is 7.95. The van der Waals surface area contributed by atoms with Crippen LogP contribution in [0.2, 0.25) is 10.0 Å². The van der Waals surface area contributed by atoms with Crippen molar-refractivity contribution >= 4 is 62.1 Å². The van der Waals surface area contributed by atoms with Gasteiger partial charge in [0.1, 0.15) is 4.49 Å². The molecular weight excluding hydrogens is 416 g/mol. The third kappa shape index (κ3) is 4.43. The summed E-state index contributed by atoms with van der Waals surface area (Å²) in [4.78, 5) is 12.1. The quantitative estimate of drug-likeness (QED) is 0.766. The second-order valence-corrected chi connectivity index (χ2v) is 8.22. The number of hydrogen-bond donors (Lipinski definition) is 1. The Kier molecular flexibility index (Phi) is 6.17. The maximum Gasteiger partial charge on any atom is 0.256 e. The molecule has 0 bridgehead atoms. The second-order valence-electron chi connectivity index (χ2n) is 4.51. The maximum absolute atomic E-state index is 12.6. The Hall–Kier alpha value is -1.24. The number of halogens is 4. The van der Waals surface area contributed by atoms with Crippen molar-refractivity contribution in [3.8, 4) is 0 Å². The highest BCUT2D eigenvalue weighted by Gasteiger charge is 2.26. The molecule has 0 spiro atoms. The first-order chi connectivity index (χ1) is 11.2. The third-order valence-electron chi connectivity index (χ3n) is 2.90. The predicted molar refractivity (Wildman–Crippen MR) is 96.3 cm³/mol. The average Bonchev–Trinajstić information content (AvgIpc) is 2.53. The molecule has 0 fully saturated rings. The lowest BCUT2D eigenvalue weighted by Gasteiger charge is -2.11. The van der Waals surface area contributed by atoms with Crippen molar-refractivity contribution in [2.75, 3.05) is 0 Å². The molecule has 2 aromatic rings. The van der Waals surface area contributed by atoms with Crippen molar-refractivity contribution in [3.63, 3.8) is 0 Å². The van der Waals surface area contributed by atoms with Gasteiger partial charge in [0.2, 0.25) is 9.84 Å². The molecule has 0 aromatic heterocycles. The van der Waals surface area contributed by atoms with Crippen LogP contribution in [0, 0.1) is 0 Å². The highest BCUT2D eigenvalue weighted by atomic mass is 35.5. The van der Waals surface area contributed by atoms with E-state index in [-0.39, 0.29) is 10.5 Å². The Balaban J connectivity index is 2.36. The number of carbonyl (C=O) groups excluding carboxylic acids is 1. The predicted octanol–water partition coefficient (Wildman–Crippen LogP) is 4.80. The summed E-state index contributed by atoms with van der Waals surface area (Å²) >= 11 is 22.8. The summed E-state index contributed by atoms with van der Waals surface area (Å²) in [5.74, 6) is -0.696. The van der Waals surface area contributed by atoms with Gasteiger partial charge < -0.3 is 5.32 Å². The molecule has 0 aliphatic rings. The van der Waals surface area contributed by atoms with Gasteiger partial charge in [0.05, 0.1) is 4.90 Å². The van der Waals surface area contributed by atoms with E-state index >= 15 is 0 Å². The molecule has 0 radical (unpaired) electrons. The largest absolute Gasteiger partial charge is 0.310 e. The number of benzene rings is 2. The van der Waals surface area contributed by atoms with Gasteiger partial charge in [-0.05, 0) is 48.5 Å². The number of hydrogen-bond acceptors (Lipinski definition) is 3. The van der Waals surface area contributed by atoms with Crippen LogP contribution in [-0.4, -0.2) is 14.3 Å². The fourth-order valence-corrected chi connectivity index (χ4v) is 3.84. The van der Waals surface area contributed by atoms with E-state index in [0.717, 1.165) is 0 Å². The number of nitrogens with one attached hydrogen (secondary N) is 1. The standard InChI is InChI=1S/C15H9Cl4NO3S/c16-10-3-1-9(2-4-10)14(21)20-15(13(18)19)24(22,23)12-7-5-11(17)6-8-12/h1-8H,(H,20,21). The van der Waals surface area contributed by atoms with E-state index < -0.39 is 25.3 Å². The van der Waals surface area contributed by atoms with Gasteiger partial charge in [0.15, 0.2) is 5.03 Å². The Morgan fingerprint density at radius 2 is 1.29 bits per heavy atom. The number of rotatable bonds is 4. The zero-order valence-corrected chi connectivity index (χ0v) is 15.6. The van der Waals surface area contributed by atoms with E-state index in [1.165, 1.54) is 48.5 Å². The van der Waals surface area contributed by atoms with Gasteiger partial charge in [-0.2, -0.15) is 0 Å². The number of amides is 1. The number of carbonyl (C=O) groups is 1. The smallest absolute Gasteiger partial charge is 0.256 e. The zero-order chi connectivity index (χ0) is 17.9. The molecule has 1 amide bonds.